The van der Waals surface area contributed by atoms with Crippen LogP contribution in [0.5, 0.6) is 11.5 Å². The number of hydrogen-bond donors (Lipinski definition) is 0. The Balaban J connectivity index is 1.71. The summed E-state index contributed by atoms with van der Waals surface area (Å²) in [7, 11) is 3.35. The lowest BCUT2D eigenvalue weighted by Gasteiger charge is -2.44. The summed E-state index contributed by atoms with van der Waals surface area (Å²) in [5.74, 6) is 1.71. The number of carbonyl (C=O) groups is 1. The lowest BCUT2D eigenvalue weighted by molar-refractivity contribution is -0.125. The van der Waals surface area contributed by atoms with Crippen molar-refractivity contribution in [3.05, 3.63) is 78.6 Å². The fourth-order valence-electron chi connectivity index (χ4n) is 4.78. The van der Waals surface area contributed by atoms with E-state index in [-0.39, 0.29) is 5.91 Å². The Hall–Kier alpha value is -3.54. The highest BCUT2D eigenvalue weighted by Gasteiger charge is 2.45. The van der Waals surface area contributed by atoms with Crippen LogP contribution in [0.4, 0.5) is 11.4 Å². The summed E-state index contributed by atoms with van der Waals surface area (Å²) in [5.41, 5.74) is 2.22. The van der Waals surface area contributed by atoms with E-state index in [1.54, 1.807) is 26.6 Å². The fourth-order valence-corrected chi connectivity index (χ4v) is 4.78. The summed E-state index contributed by atoms with van der Waals surface area (Å²) < 4.78 is 11.1. The number of nitrogens with zero attached hydrogens (tertiary/aromatic N) is 3. The van der Waals surface area contributed by atoms with Crippen LogP contribution in [0.15, 0.2) is 73.1 Å². The quantitative estimate of drug-likeness (QED) is 0.528. The van der Waals surface area contributed by atoms with Crippen LogP contribution >= 0.6 is 0 Å². The standard InChI is InChI=1S/C27H31N3O3/c1-4-30(22-10-8-16-28-20-22)26(31)27(21-9-7-11-23(19-21)32-2)14-17-29(18-15-27)24-12-5-6-13-25(24)33-3/h5-13,16,19-20H,4,14-15,17-18H2,1-3H3. The zero-order chi connectivity index (χ0) is 23.3. The van der Waals surface area contributed by atoms with Gasteiger partial charge < -0.3 is 19.3 Å². The molecular formula is C27H31N3O3. The van der Waals surface area contributed by atoms with Crippen molar-refractivity contribution in [2.24, 2.45) is 0 Å². The van der Waals surface area contributed by atoms with E-state index in [9.17, 15) is 4.79 Å². The van der Waals surface area contributed by atoms with E-state index in [0.717, 1.165) is 41.5 Å². The Labute approximate surface area is 195 Å². The Morgan fingerprint density at radius 3 is 2.48 bits per heavy atom. The van der Waals surface area contributed by atoms with Crippen molar-refractivity contribution in [1.82, 2.24) is 4.98 Å². The third-order valence-electron chi connectivity index (χ3n) is 6.59. The summed E-state index contributed by atoms with van der Waals surface area (Å²) in [6, 6.07) is 19.8. The van der Waals surface area contributed by atoms with Crippen molar-refractivity contribution < 1.29 is 14.3 Å². The van der Waals surface area contributed by atoms with E-state index in [2.05, 4.69) is 22.0 Å². The van der Waals surface area contributed by atoms with Crippen LogP contribution in [0.3, 0.4) is 0 Å². The first-order valence-electron chi connectivity index (χ1n) is 11.4. The van der Waals surface area contributed by atoms with Gasteiger partial charge in [-0.05, 0) is 61.7 Å². The number of rotatable bonds is 7. The topological polar surface area (TPSA) is 54.9 Å². The van der Waals surface area contributed by atoms with Crippen molar-refractivity contribution >= 4 is 17.3 Å². The predicted octanol–water partition coefficient (Wildman–Crippen LogP) is 4.69. The maximum absolute atomic E-state index is 14.2. The van der Waals surface area contributed by atoms with Crippen molar-refractivity contribution in [3.63, 3.8) is 0 Å². The highest BCUT2D eigenvalue weighted by Crippen LogP contribution is 2.42. The molecule has 2 aromatic carbocycles. The highest BCUT2D eigenvalue weighted by atomic mass is 16.5. The van der Waals surface area contributed by atoms with Gasteiger partial charge in [0.25, 0.3) is 0 Å². The molecule has 4 rings (SSSR count). The van der Waals surface area contributed by atoms with Crippen LogP contribution in [0.25, 0.3) is 0 Å². The Morgan fingerprint density at radius 1 is 1.03 bits per heavy atom. The SMILES string of the molecule is CCN(C(=O)C1(c2cccc(OC)c2)CCN(c2ccccc2OC)CC1)c1cccnc1. The van der Waals surface area contributed by atoms with Crippen LogP contribution in [0.2, 0.25) is 0 Å². The molecule has 6 nitrogen and oxygen atoms in total. The second kappa shape index (κ2) is 9.94. The molecule has 0 bridgehead atoms. The molecule has 1 fully saturated rings. The number of ether oxygens (including phenoxy) is 2. The molecule has 0 atom stereocenters. The van der Waals surface area contributed by atoms with Gasteiger partial charge in [-0.3, -0.25) is 9.78 Å². The second-order valence-corrected chi connectivity index (χ2v) is 8.23. The van der Waals surface area contributed by atoms with Gasteiger partial charge in [-0.2, -0.15) is 0 Å². The minimum atomic E-state index is -0.654. The monoisotopic (exact) mass is 445 g/mol. The maximum Gasteiger partial charge on any atom is 0.237 e. The zero-order valence-electron chi connectivity index (χ0n) is 19.5. The number of amides is 1. The normalized spacial score (nSPS) is 15.1. The number of carbonyl (C=O) groups excluding carboxylic acids is 1. The van der Waals surface area contributed by atoms with Crippen LogP contribution < -0.4 is 19.3 Å². The lowest BCUT2D eigenvalue weighted by atomic mass is 9.71. The predicted molar refractivity (Wildman–Crippen MR) is 131 cm³/mol. The molecule has 0 radical (unpaired) electrons. The molecule has 1 amide bonds. The van der Waals surface area contributed by atoms with Gasteiger partial charge in [0.05, 0.1) is 37.2 Å². The molecule has 2 heterocycles. The number of anilines is 2. The van der Waals surface area contributed by atoms with Crippen LogP contribution in [-0.2, 0) is 10.2 Å². The molecule has 1 aliphatic rings. The summed E-state index contributed by atoms with van der Waals surface area (Å²) in [5, 5.41) is 0. The molecule has 3 aromatic rings. The molecule has 6 heteroatoms. The van der Waals surface area contributed by atoms with E-state index < -0.39 is 5.41 Å². The summed E-state index contributed by atoms with van der Waals surface area (Å²) in [6.07, 6.45) is 4.86. The molecule has 1 aromatic heterocycles. The molecule has 1 aliphatic heterocycles. The lowest BCUT2D eigenvalue weighted by Crippen LogP contribution is -2.53. The van der Waals surface area contributed by atoms with Crippen LogP contribution in [0.1, 0.15) is 25.3 Å². The largest absolute Gasteiger partial charge is 0.497 e. The second-order valence-electron chi connectivity index (χ2n) is 8.23. The number of aromatic nitrogens is 1. The van der Waals surface area contributed by atoms with Crippen molar-refractivity contribution in [3.8, 4) is 11.5 Å². The zero-order valence-corrected chi connectivity index (χ0v) is 19.5. The van der Waals surface area contributed by atoms with Crippen molar-refractivity contribution in [2.75, 3.05) is 43.7 Å². The van der Waals surface area contributed by atoms with Gasteiger partial charge in [0.2, 0.25) is 5.91 Å². The van der Waals surface area contributed by atoms with Gasteiger partial charge in [0.15, 0.2) is 0 Å². The van der Waals surface area contributed by atoms with Gasteiger partial charge in [-0.15, -0.1) is 0 Å². The molecule has 0 unspecified atom stereocenters. The first-order valence-corrected chi connectivity index (χ1v) is 11.4. The molecule has 33 heavy (non-hydrogen) atoms. The van der Waals surface area contributed by atoms with Gasteiger partial charge in [0, 0.05) is 25.8 Å². The number of para-hydroxylation sites is 2. The first kappa shape index (κ1) is 22.6. The van der Waals surface area contributed by atoms with Gasteiger partial charge >= 0.3 is 0 Å². The van der Waals surface area contributed by atoms with E-state index in [1.165, 1.54) is 0 Å². The Bertz CT molecular complexity index is 1080. The number of pyridine rings is 1. The summed E-state index contributed by atoms with van der Waals surface area (Å²) >= 11 is 0. The highest BCUT2D eigenvalue weighted by molar-refractivity contribution is 6.01. The molecule has 172 valence electrons. The minimum absolute atomic E-state index is 0.103. The van der Waals surface area contributed by atoms with E-state index in [4.69, 9.17) is 9.47 Å². The average Bonchev–Trinajstić information content (AvgIpc) is 2.89. The number of hydrogen-bond acceptors (Lipinski definition) is 5. The maximum atomic E-state index is 14.2. The Morgan fingerprint density at radius 2 is 1.82 bits per heavy atom. The molecule has 0 aliphatic carbocycles. The Kier molecular flexibility index (Phi) is 6.82. The molecule has 0 saturated carbocycles. The van der Waals surface area contributed by atoms with Gasteiger partial charge in [0.1, 0.15) is 11.5 Å². The number of benzene rings is 2. The summed E-state index contributed by atoms with van der Waals surface area (Å²) in [4.78, 5) is 22.6. The molecule has 0 N–H and O–H groups in total. The first-order chi connectivity index (χ1) is 16.1. The molecular weight excluding hydrogens is 414 g/mol. The smallest absolute Gasteiger partial charge is 0.237 e. The summed E-state index contributed by atoms with van der Waals surface area (Å²) in [6.45, 7) is 4.07. The molecule has 1 saturated heterocycles. The fraction of sp³-hybridized carbons (Fsp3) is 0.333. The van der Waals surface area contributed by atoms with Crippen molar-refractivity contribution in [1.29, 1.82) is 0 Å². The average molecular weight is 446 g/mol. The van der Waals surface area contributed by atoms with Crippen LogP contribution in [-0.4, -0.2) is 44.7 Å². The third-order valence-corrected chi connectivity index (χ3v) is 6.59. The molecule has 0 spiro atoms. The number of likely N-dealkylation sites (N-methyl/N-ethyl adjacent to an activating group) is 1. The van der Waals surface area contributed by atoms with E-state index in [0.29, 0.717) is 19.4 Å². The van der Waals surface area contributed by atoms with Gasteiger partial charge in [-0.1, -0.05) is 24.3 Å². The number of piperidine rings is 1. The van der Waals surface area contributed by atoms with E-state index in [1.807, 2.05) is 60.4 Å². The van der Waals surface area contributed by atoms with Crippen molar-refractivity contribution in [2.45, 2.75) is 25.2 Å². The minimum Gasteiger partial charge on any atom is -0.497 e. The third kappa shape index (κ3) is 4.38. The van der Waals surface area contributed by atoms with Crippen LogP contribution in [0, 0.1) is 0 Å². The van der Waals surface area contributed by atoms with E-state index >= 15 is 0 Å². The van der Waals surface area contributed by atoms with Gasteiger partial charge in [-0.25, -0.2) is 0 Å². The number of methoxy groups -OCH3 is 2.